The average Bonchev–Trinajstić information content (AvgIpc) is 2.44. The fourth-order valence-electron chi connectivity index (χ4n) is 2.19. The summed E-state index contributed by atoms with van der Waals surface area (Å²) in [5, 5.41) is 3.29. The summed E-state index contributed by atoms with van der Waals surface area (Å²) >= 11 is 0. The Bertz CT molecular complexity index is 594. The maximum atomic E-state index is 14.1. The second kappa shape index (κ2) is 6.62. The van der Waals surface area contributed by atoms with Crippen LogP contribution < -0.4 is 5.32 Å². The van der Waals surface area contributed by atoms with Crippen molar-refractivity contribution in [3.63, 3.8) is 0 Å². The molecule has 0 aliphatic heterocycles. The van der Waals surface area contributed by atoms with Gasteiger partial charge >= 0.3 is 0 Å². The fourth-order valence-corrected chi connectivity index (χ4v) is 2.19. The first-order chi connectivity index (χ1) is 9.63. The molecule has 0 saturated heterocycles. The first-order valence-corrected chi connectivity index (χ1v) is 6.88. The molecule has 20 heavy (non-hydrogen) atoms. The van der Waals surface area contributed by atoms with Crippen molar-refractivity contribution in [2.75, 3.05) is 6.54 Å². The fraction of sp³-hybridized carbons (Fsp3) is 0.294. The van der Waals surface area contributed by atoms with E-state index in [1.54, 1.807) is 6.92 Å². The highest BCUT2D eigenvalue weighted by Crippen LogP contribution is 2.28. The molecule has 2 aromatic carbocycles. The van der Waals surface area contributed by atoms with Crippen molar-refractivity contribution in [1.82, 2.24) is 5.32 Å². The van der Waals surface area contributed by atoms with Gasteiger partial charge in [-0.05, 0) is 48.7 Å². The minimum atomic E-state index is -0.383. The molecule has 0 aliphatic carbocycles. The maximum absolute atomic E-state index is 14.1. The van der Waals surface area contributed by atoms with Crippen molar-refractivity contribution in [1.29, 1.82) is 0 Å². The van der Waals surface area contributed by atoms with Crippen LogP contribution in [0, 0.1) is 18.6 Å². The highest BCUT2D eigenvalue weighted by atomic mass is 19.1. The molecule has 0 amide bonds. The van der Waals surface area contributed by atoms with Crippen molar-refractivity contribution in [3.05, 3.63) is 59.2 Å². The normalized spacial score (nSPS) is 10.8. The molecule has 0 radical (unpaired) electrons. The van der Waals surface area contributed by atoms with Gasteiger partial charge in [0.05, 0.1) is 0 Å². The summed E-state index contributed by atoms with van der Waals surface area (Å²) < 4.78 is 27.8. The summed E-state index contributed by atoms with van der Waals surface area (Å²) in [6.45, 7) is 5.21. The molecule has 0 unspecified atom stereocenters. The van der Waals surface area contributed by atoms with Crippen molar-refractivity contribution in [2.45, 2.75) is 26.8 Å². The van der Waals surface area contributed by atoms with E-state index in [0.29, 0.717) is 17.7 Å². The molecule has 0 fully saturated rings. The van der Waals surface area contributed by atoms with E-state index in [-0.39, 0.29) is 11.6 Å². The van der Waals surface area contributed by atoms with Gasteiger partial charge in [-0.1, -0.05) is 31.2 Å². The van der Waals surface area contributed by atoms with Gasteiger partial charge in [0.25, 0.3) is 0 Å². The van der Waals surface area contributed by atoms with E-state index in [1.807, 2.05) is 24.3 Å². The molecule has 0 saturated carbocycles. The first kappa shape index (κ1) is 14.7. The van der Waals surface area contributed by atoms with Crippen molar-refractivity contribution < 1.29 is 8.78 Å². The summed E-state index contributed by atoms with van der Waals surface area (Å²) in [5.74, 6) is -0.760. The summed E-state index contributed by atoms with van der Waals surface area (Å²) in [7, 11) is 0. The second-order valence-corrected chi connectivity index (χ2v) is 4.92. The standard InChI is InChI=1S/C17H19F2N/c1-3-8-20-11-13-6-4-5-7-14(13)15-10-16(18)12(2)9-17(15)19/h4-7,9-10,20H,3,8,11H2,1-2H3. The van der Waals surface area contributed by atoms with Crippen molar-refractivity contribution >= 4 is 0 Å². The molecule has 0 aromatic heterocycles. The van der Waals surface area contributed by atoms with E-state index in [1.165, 1.54) is 12.1 Å². The van der Waals surface area contributed by atoms with Crippen LogP contribution in [0.15, 0.2) is 36.4 Å². The minimum absolute atomic E-state index is 0.321. The Morgan fingerprint density at radius 2 is 1.75 bits per heavy atom. The number of halogens is 2. The zero-order chi connectivity index (χ0) is 14.5. The lowest BCUT2D eigenvalue weighted by Gasteiger charge is -2.12. The van der Waals surface area contributed by atoms with E-state index in [4.69, 9.17) is 0 Å². The molecule has 0 spiro atoms. The summed E-state index contributed by atoms with van der Waals surface area (Å²) in [4.78, 5) is 0. The van der Waals surface area contributed by atoms with Crippen molar-refractivity contribution in [3.8, 4) is 11.1 Å². The maximum Gasteiger partial charge on any atom is 0.131 e. The predicted molar refractivity (Wildman–Crippen MR) is 78.5 cm³/mol. The Hall–Kier alpha value is -1.74. The van der Waals surface area contributed by atoms with Gasteiger partial charge in [-0.3, -0.25) is 0 Å². The van der Waals surface area contributed by atoms with Crippen LogP contribution in [-0.2, 0) is 6.54 Å². The number of hydrogen-bond acceptors (Lipinski definition) is 1. The predicted octanol–water partition coefficient (Wildman–Crippen LogP) is 4.44. The Kier molecular flexibility index (Phi) is 4.85. The lowest BCUT2D eigenvalue weighted by atomic mass is 9.98. The van der Waals surface area contributed by atoms with Gasteiger partial charge in [0, 0.05) is 12.1 Å². The van der Waals surface area contributed by atoms with Gasteiger partial charge in [0.15, 0.2) is 0 Å². The summed E-state index contributed by atoms with van der Waals surface area (Å²) in [6.07, 6.45) is 1.04. The third-order valence-corrected chi connectivity index (χ3v) is 3.30. The summed E-state index contributed by atoms with van der Waals surface area (Å²) in [6, 6.07) is 10.1. The first-order valence-electron chi connectivity index (χ1n) is 6.88. The Morgan fingerprint density at radius 3 is 2.50 bits per heavy atom. The number of hydrogen-bond donors (Lipinski definition) is 1. The lowest BCUT2D eigenvalue weighted by molar-refractivity contribution is 0.595. The number of benzene rings is 2. The molecule has 0 heterocycles. The Morgan fingerprint density at radius 1 is 1.00 bits per heavy atom. The third-order valence-electron chi connectivity index (χ3n) is 3.30. The number of aryl methyl sites for hydroxylation is 1. The van der Waals surface area contributed by atoms with Gasteiger partial charge in [-0.15, -0.1) is 0 Å². The molecular formula is C17H19F2N. The molecule has 0 aliphatic rings. The monoisotopic (exact) mass is 275 g/mol. The SMILES string of the molecule is CCCNCc1ccccc1-c1cc(F)c(C)cc1F. The second-order valence-electron chi connectivity index (χ2n) is 4.92. The van der Waals surface area contributed by atoms with E-state index in [9.17, 15) is 8.78 Å². The van der Waals surface area contributed by atoms with Gasteiger partial charge in [0.2, 0.25) is 0 Å². The van der Waals surface area contributed by atoms with Gasteiger partial charge < -0.3 is 5.32 Å². The zero-order valence-electron chi connectivity index (χ0n) is 11.8. The molecule has 106 valence electrons. The van der Waals surface area contributed by atoms with Gasteiger partial charge in [-0.2, -0.15) is 0 Å². The van der Waals surface area contributed by atoms with Crippen LogP contribution >= 0.6 is 0 Å². The largest absolute Gasteiger partial charge is 0.313 e. The zero-order valence-corrected chi connectivity index (χ0v) is 11.8. The van der Waals surface area contributed by atoms with Gasteiger partial charge in [-0.25, -0.2) is 8.78 Å². The molecule has 2 aromatic rings. The molecule has 0 atom stereocenters. The van der Waals surface area contributed by atoms with E-state index >= 15 is 0 Å². The van der Waals surface area contributed by atoms with Crippen LogP contribution in [0.25, 0.3) is 11.1 Å². The Labute approximate surface area is 118 Å². The van der Waals surface area contributed by atoms with Crippen LogP contribution in [0.1, 0.15) is 24.5 Å². The smallest absolute Gasteiger partial charge is 0.131 e. The lowest BCUT2D eigenvalue weighted by Crippen LogP contribution is -2.14. The van der Waals surface area contributed by atoms with Crippen LogP contribution in [0.4, 0.5) is 8.78 Å². The number of rotatable bonds is 5. The molecular weight excluding hydrogens is 256 g/mol. The quantitative estimate of drug-likeness (QED) is 0.795. The van der Waals surface area contributed by atoms with Crippen LogP contribution in [0.5, 0.6) is 0 Å². The number of nitrogens with one attached hydrogen (secondary N) is 1. The van der Waals surface area contributed by atoms with E-state index < -0.39 is 0 Å². The van der Waals surface area contributed by atoms with E-state index in [2.05, 4.69) is 12.2 Å². The highest BCUT2D eigenvalue weighted by Gasteiger charge is 2.12. The van der Waals surface area contributed by atoms with Crippen LogP contribution in [0.3, 0.4) is 0 Å². The highest BCUT2D eigenvalue weighted by molar-refractivity contribution is 5.68. The third kappa shape index (κ3) is 3.23. The van der Waals surface area contributed by atoms with Crippen LogP contribution in [0.2, 0.25) is 0 Å². The van der Waals surface area contributed by atoms with Crippen molar-refractivity contribution in [2.24, 2.45) is 0 Å². The molecule has 2 rings (SSSR count). The molecule has 3 heteroatoms. The molecule has 1 nitrogen and oxygen atoms in total. The molecule has 1 N–H and O–H groups in total. The molecule has 0 bridgehead atoms. The van der Waals surface area contributed by atoms with E-state index in [0.717, 1.165) is 24.1 Å². The topological polar surface area (TPSA) is 12.0 Å². The summed E-state index contributed by atoms with van der Waals surface area (Å²) in [5.41, 5.74) is 2.37. The van der Waals surface area contributed by atoms with Crippen LogP contribution in [-0.4, -0.2) is 6.54 Å². The average molecular weight is 275 g/mol. The minimum Gasteiger partial charge on any atom is -0.313 e. The Balaban J connectivity index is 2.39. The van der Waals surface area contributed by atoms with Gasteiger partial charge in [0.1, 0.15) is 11.6 Å².